The molecule has 35 heavy (non-hydrogen) atoms. The molecule has 0 saturated carbocycles. The van der Waals surface area contributed by atoms with Gasteiger partial charge in [0.05, 0.1) is 7.11 Å². The number of nitrogens with one attached hydrogen (secondary N) is 1. The highest BCUT2D eigenvalue weighted by atomic mass is 19.4. The minimum absolute atomic E-state index is 0.204. The van der Waals surface area contributed by atoms with E-state index in [4.69, 9.17) is 4.74 Å². The zero-order valence-corrected chi connectivity index (χ0v) is 19.6. The molecule has 1 unspecified atom stereocenters. The highest BCUT2D eigenvalue weighted by Crippen LogP contribution is 2.42. The molecule has 4 nitrogen and oxygen atoms in total. The number of ether oxygens (including phenoxy) is 1. The Balaban J connectivity index is 1.65. The molecular formula is C28H29F3N2O2. The van der Waals surface area contributed by atoms with Gasteiger partial charge in [-0.25, -0.2) is 0 Å². The van der Waals surface area contributed by atoms with E-state index < -0.39 is 18.6 Å². The van der Waals surface area contributed by atoms with Crippen LogP contribution in [0.2, 0.25) is 0 Å². The van der Waals surface area contributed by atoms with Gasteiger partial charge in [-0.3, -0.25) is 9.69 Å². The molecule has 1 N–H and O–H groups in total. The zero-order valence-electron chi connectivity index (χ0n) is 19.6. The molecule has 1 aliphatic rings. The number of amides is 1. The first-order valence-corrected chi connectivity index (χ1v) is 11.7. The summed E-state index contributed by atoms with van der Waals surface area (Å²) in [7, 11) is 1.64. The number of halogens is 3. The lowest BCUT2D eigenvalue weighted by Crippen LogP contribution is -2.46. The standard InChI is InChI=1S/C28H29F3N2O2/c1-35-25-10-5-9-24(17-25)27(15-6-16-33(20-27)18-21-7-3-2-4-8-21)23-13-11-22(12-14-23)26(34)32-19-28(29,30)31/h2-5,7-14,17H,6,15-16,18-20H2,1H3,(H,32,34). The number of rotatable bonds is 7. The van der Waals surface area contributed by atoms with Crippen molar-refractivity contribution >= 4 is 5.91 Å². The van der Waals surface area contributed by atoms with Gasteiger partial charge in [0.2, 0.25) is 0 Å². The van der Waals surface area contributed by atoms with Crippen molar-refractivity contribution in [1.29, 1.82) is 0 Å². The minimum Gasteiger partial charge on any atom is -0.497 e. The van der Waals surface area contributed by atoms with Gasteiger partial charge in [0, 0.05) is 24.1 Å². The fourth-order valence-corrected chi connectivity index (χ4v) is 4.90. The van der Waals surface area contributed by atoms with E-state index in [-0.39, 0.29) is 11.0 Å². The monoisotopic (exact) mass is 482 g/mol. The summed E-state index contributed by atoms with van der Waals surface area (Å²) in [5.41, 5.74) is 3.24. The van der Waals surface area contributed by atoms with E-state index in [0.717, 1.165) is 49.4 Å². The molecule has 1 heterocycles. The number of methoxy groups -OCH3 is 1. The van der Waals surface area contributed by atoms with Crippen molar-refractivity contribution in [3.63, 3.8) is 0 Å². The number of likely N-dealkylation sites (tertiary alicyclic amines) is 1. The number of nitrogens with zero attached hydrogens (tertiary/aromatic N) is 1. The number of hydrogen-bond acceptors (Lipinski definition) is 3. The molecule has 7 heteroatoms. The average molecular weight is 483 g/mol. The largest absolute Gasteiger partial charge is 0.497 e. The van der Waals surface area contributed by atoms with E-state index in [1.54, 1.807) is 19.2 Å². The van der Waals surface area contributed by atoms with Crippen molar-refractivity contribution in [1.82, 2.24) is 10.2 Å². The fourth-order valence-electron chi connectivity index (χ4n) is 4.90. The van der Waals surface area contributed by atoms with Crippen molar-refractivity contribution in [2.45, 2.75) is 31.0 Å². The second-order valence-corrected chi connectivity index (χ2v) is 8.99. The maximum atomic E-state index is 12.5. The van der Waals surface area contributed by atoms with Gasteiger partial charge < -0.3 is 10.1 Å². The highest BCUT2D eigenvalue weighted by Gasteiger charge is 2.39. The van der Waals surface area contributed by atoms with Crippen LogP contribution in [0.25, 0.3) is 0 Å². The normalized spacial score (nSPS) is 18.7. The number of piperidine rings is 1. The number of carbonyl (C=O) groups excluding carboxylic acids is 1. The third-order valence-corrected chi connectivity index (χ3v) is 6.59. The lowest BCUT2D eigenvalue weighted by Gasteiger charge is -2.44. The molecule has 1 aliphatic heterocycles. The van der Waals surface area contributed by atoms with Gasteiger partial charge in [0.25, 0.3) is 5.91 Å². The minimum atomic E-state index is -4.45. The van der Waals surface area contributed by atoms with Crippen LogP contribution in [-0.4, -0.2) is 43.7 Å². The van der Waals surface area contributed by atoms with Crippen LogP contribution in [0.15, 0.2) is 78.9 Å². The topological polar surface area (TPSA) is 41.6 Å². The Morgan fingerprint density at radius 2 is 1.74 bits per heavy atom. The Morgan fingerprint density at radius 1 is 1.00 bits per heavy atom. The maximum absolute atomic E-state index is 12.5. The molecule has 1 fully saturated rings. The summed E-state index contributed by atoms with van der Waals surface area (Å²) in [6.45, 7) is 1.22. The SMILES string of the molecule is COc1cccc(C2(c3ccc(C(=O)NCC(F)(F)F)cc3)CCCN(Cc3ccccc3)C2)c1. The van der Waals surface area contributed by atoms with Crippen LogP contribution in [0, 0.1) is 0 Å². The Morgan fingerprint density at radius 3 is 2.43 bits per heavy atom. The predicted molar refractivity (Wildman–Crippen MR) is 130 cm³/mol. The molecular weight excluding hydrogens is 453 g/mol. The van der Waals surface area contributed by atoms with Crippen molar-refractivity contribution in [3.05, 3.63) is 101 Å². The summed E-state index contributed by atoms with van der Waals surface area (Å²) in [5.74, 6) is 0.0314. The van der Waals surface area contributed by atoms with Crippen LogP contribution in [0.1, 0.15) is 39.9 Å². The van der Waals surface area contributed by atoms with Gasteiger partial charge in [0.1, 0.15) is 12.3 Å². The Labute approximate surface area is 203 Å². The van der Waals surface area contributed by atoms with Crippen molar-refractivity contribution in [2.75, 3.05) is 26.7 Å². The molecule has 0 aliphatic carbocycles. The average Bonchev–Trinajstić information content (AvgIpc) is 2.87. The van der Waals surface area contributed by atoms with Gasteiger partial charge in [-0.1, -0.05) is 54.6 Å². The third kappa shape index (κ3) is 6.03. The van der Waals surface area contributed by atoms with Crippen LogP contribution in [0.4, 0.5) is 13.2 Å². The Kier molecular flexibility index (Phi) is 7.45. The molecule has 0 spiro atoms. The molecule has 184 valence electrons. The molecule has 0 bridgehead atoms. The summed E-state index contributed by atoms with van der Waals surface area (Å²) in [4.78, 5) is 14.7. The summed E-state index contributed by atoms with van der Waals surface area (Å²) in [6.07, 6.45) is -2.56. The van der Waals surface area contributed by atoms with Gasteiger partial charge >= 0.3 is 6.18 Å². The van der Waals surface area contributed by atoms with Crippen LogP contribution in [-0.2, 0) is 12.0 Å². The molecule has 4 rings (SSSR count). The predicted octanol–water partition coefficient (Wildman–Crippen LogP) is 5.57. The summed E-state index contributed by atoms with van der Waals surface area (Å²) in [6, 6.07) is 25.3. The smallest absolute Gasteiger partial charge is 0.405 e. The van der Waals surface area contributed by atoms with Crippen molar-refractivity contribution < 1.29 is 22.7 Å². The molecule has 1 atom stereocenters. The molecule has 1 amide bonds. The van der Waals surface area contributed by atoms with Crippen molar-refractivity contribution in [2.24, 2.45) is 0 Å². The lowest BCUT2D eigenvalue weighted by atomic mass is 9.69. The third-order valence-electron chi connectivity index (χ3n) is 6.59. The van der Waals surface area contributed by atoms with E-state index >= 15 is 0 Å². The van der Waals surface area contributed by atoms with Gasteiger partial charge in [0.15, 0.2) is 0 Å². The van der Waals surface area contributed by atoms with E-state index in [1.165, 1.54) is 5.56 Å². The van der Waals surface area contributed by atoms with Crippen LogP contribution < -0.4 is 10.1 Å². The van der Waals surface area contributed by atoms with E-state index in [1.807, 2.05) is 47.8 Å². The quantitative estimate of drug-likeness (QED) is 0.479. The molecule has 3 aromatic rings. The Hall–Kier alpha value is -3.32. The highest BCUT2D eigenvalue weighted by molar-refractivity contribution is 5.94. The summed E-state index contributed by atoms with van der Waals surface area (Å²) in [5, 5.41) is 1.94. The molecule has 0 radical (unpaired) electrons. The van der Waals surface area contributed by atoms with E-state index in [9.17, 15) is 18.0 Å². The van der Waals surface area contributed by atoms with Gasteiger partial charge in [-0.15, -0.1) is 0 Å². The van der Waals surface area contributed by atoms with E-state index in [2.05, 4.69) is 29.2 Å². The molecule has 3 aromatic carbocycles. The maximum Gasteiger partial charge on any atom is 0.405 e. The number of carbonyl (C=O) groups is 1. The van der Waals surface area contributed by atoms with Crippen molar-refractivity contribution in [3.8, 4) is 5.75 Å². The van der Waals surface area contributed by atoms with E-state index in [0.29, 0.717) is 0 Å². The first-order valence-electron chi connectivity index (χ1n) is 11.7. The van der Waals surface area contributed by atoms with Crippen LogP contribution in [0.5, 0.6) is 5.75 Å². The second-order valence-electron chi connectivity index (χ2n) is 8.99. The molecule has 0 aromatic heterocycles. The molecule has 1 saturated heterocycles. The van der Waals surface area contributed by atoms with Crippen LogP contribution in [0.3, 0.4) is 0 Å². The fraction of sp³-hybridized carbons (Fsp3) is 0.321. The summed E-state index contributed by atoms with van der Waals surface area (Å²) >= 11 is 0. The number of alkyl halides is 3. The first kappa shape index (κ1) is 24.8. The van der Waals surface area contributed by atoms with Gasteiger partial charge in [-0.05, 0) is 60.3 Å². The van der Waals surface area contributed by atoms with Gasteiger partial charge in [-0.2, -0.15) is 13.2 Å². The first-order chi connectivity index (χ1) is 16.8. The van der Waals surface area contributed by atoms with Crippen LogP contribution >= 0.6 is 0 Å². The lowest BCUT2D eigenvalue weighted by molar-refractivity contribution is -0.123. The number of benzene rings is 3. The summed E-state index contributed by atoms with van der Waals surface area (Å²) < 4.78 is 43.0. The Bertz CT molecular complexity index is 1130. The zero-order chi connectivity index (χ0) is 24.9. The second kappa shape index (κ2) is 10.5. The number of hydrogen-bond donors (Lipinski definition) is 1.